The Morgan fingerprint density at radius 2 is 1.90 bits per heavy atom. The number of hydrogen-bond acceptors (Lipinski definition) is 6. The number of aryl methyl sites for hydroxylation is 1. The van der Waals surface area contributed by atoms with E-state index in [1.54, 1.807) is 24.3 Å². The number of carbonyl (C=O) groups is 1. The number of anilines is 4. The summed E-state index contributed by atoms with van der Waals surface area (Å²) in [6.45, 7) is 10.5. The molecule has 0 radical (unpaired) electrons. The van der Waals surface area contributed by atoms with E-state index in [-0.39, 0.29) is 11.8 Å². The Bertz CT molecular complexity index is 1860. The van der Waals surface area contributed by atoms with Crippen LogP contribution in [0.1, 0.15) is 45.0 Å². The maximum atomic E-state index is 15.7. The first-order chi connectivity index (χ1) is 19.9. The smallest absolute Gasteiger partial charge is 0.325 e. The number of phenols is 1. The zero-order valence-electron chi connectivity index (χ0n) is 23.8. The predicted octanol–water partition coefficient (Wildman–Crippen LogP) is 8.62. The van der Waals surface area contributed by atoms with E-state index in [0.29, 0.717) is 50.6 Å². The van der Waals surface area contributed by atoms with Crippen LogP contribution in [0.4, 0.5) is 31.4 Å². The van der Waals surface area contributed by atoms with Crippen molar-refractivity contribution < 1.29 is 14.3 Å². The number of aromatic hydroxyl groups is 1. The van der Waals surface area contributed by atoms with Crippen LogP contribution in [0.2, 0.25) is 5.02 Å². The van der Waals surface area contributed by atoms with Gasteiger partial charge in [0.25, 0.3) is 0 Å². The molecule has 0 aliphatic carbocycles. The number of carbonyl (C=O) groups excluding carboxylic acids is 1. The van der Waals surface area contributed by atoms with Crippen molar-refractivity contribution in [3.63, 3.8) is 0 Å². The van der Waals surface area contributed by atoms with Gasteiger partial charge >= 0.3 is 6.03 Å². The fourth-order valence-corrected chi connectivity index (χ4v) is 6.86. The molecule has 42 heavy (non-hydrogen) atoms. The number of para-hydroxylation sites is 2. The first kappa shape index (κ1) is 28.0. The van der Waals surface area contributed by atoms with Crippen molar-refractivity contribution in [2.45, 2.75) is 46.1 Å². The Balaban J connectivity index is 1.37. The lowest BCUT2D eigenvalue weighted by Gasteiger charge is -2.25. The molecule has 0 spiro atoms. The van der Waals surface area contributed by atoms with Gasteiger partial charge in [-0.25, -0.2) is 14.2 Å². The van der Waals surface area contributed by atoms with E-state index in [1.807, 2.05) is 68.5 Å². The third kappa shape index (κ3) is 4.84. The number of benzene rings is 3. The van der Waals surface area contributed by atoms with Gasteiger partial charge < -0.3 is 15.3 Å². The van der Waals surface area contributed by atoms with E-state index < -0.39 is 17.3 Å². The van der Waals surface area contributed by atoms with Crippen molar-refractivity contribution in [2.75, 3.05) is 22.1 Å². The third-order valence-electron chi connectivity index (χ3n) is 7.41. The summed E-state index contributed by atoms with van der Waals surface area (Å²) in [5, 5.41) is 22.6. The Morgan fingerprint density at radius 1 is 1.14 bits per heavy atom. The van der Waals surface area contributed by atoms with E-state index in [1.165, 1.54) is 11.3 Å². The van der Waals surface area contributed by atoms with E-state index in [9.17, 15) is 9.90 Å². The molecule has 3 heterocycles. The quantitative estimate of drug-likeness (QED) is 0.187. The summed E-state index contributed by atoms with van der Waals surface area (Å²) in [7, 11) is 0. The molecular weight excluding hydrogens is 575 g/mol. The Labute approximate surface area is 251 Å². The van der Waals surface area contributed by atoms with Gasteiger partial charge in [0.05, 0.1) is 33.0 Å². The van der Waals surface area contributed by atoms with Gasteiger partial charge in [-0.05, 0) is 62.7 Å². The highest BCUT2D eigenvalue weighted by Gasteiger charge is 2.42. The topological polar surface area (TPSA) is 95.3 Å². The summed E-state index contributed by atoms with van der Waals surface area (Å²) in [6.07, 6.45) is 0. The van der Waals surface area contributed by atoms with Crippen molar-refractivity contribution in [1.82, 2.24) is 14.8 Å². The molecule has 3 aromatic carbocycles. The number of nitrogens with zero attached hydrogens (tertiary/aromatic N) is 4. The van der Waals surface area contributed by atoms with Gasteiger partial charge in [0.15, 0.2) is 5.13 Å². The van der Waals surface area contributed by atoms with E-state index >= 15 is 4.39 Å². The number of nitrogens with one attached hydrogen (secondary N) is 2. The molecule has 8 nitrogen and oxygen atoms in total. The maximum absolute atomic E-state index is 15.7. The van der Waals surface area contributed by atoms with Crippen LogP contribution >= 0.6 is 22.9 Å². The summed E-state index contributed by atoms with van der Waals surface area (Å²) >= 11 is 7.42. The van der Waals surface area contributed by atoms with Crippen molar-refractivity contribution >= 4 is 61.4 Å². The van der Waals surface area contributed by atoms with Gasteiger partial charge in [0.1, 0.15) is 11.6 Å². The third-order valence-corrected chi connectivity index (χ3v) is 8.58. The Kier molecular flexibility index (Phi) is 6.86. The largest absolute Gasteiger partial charge is 0.506 e. The van der Waals surface area contributed by atoms with Crippen LogP contribution in [-0.4, -0.2) is 32.4 Å². The van der Waals surface area contributed by atoms with Gasteiger partial charge in [-0.1, -0.05) is 48.9 Å². The second-order valence-corrected chi connectivity index (χ2v) is 12.8. The fourth-order valence-electron chi connectivity index (χ4n) is 5.72. The molecule has 0 unspecified atom stereocenters. The fraction of sp³-hybridized carbons (Fsp3) is 0.258. The summed E-state index contributed by atoms with van der Waals surface area (Å²) < 4.78 is 18.4. The number of amides is 2. The highest BCUT2D eigenvalue weighted by atomic mass is 35.5. The van der Waals surface area contributed by atoms with Gasteiger partial charge in [0.2, 0.25) is 0 Å². The number of phenolic OH excluding ortho intramolecular Hbond substituents is 1. The van der Waals surface area contributed by atoms with Crippen molar-refractivity contribution in [1.29, 1.82) is 0 Å². The monoisotopic (exact) mass is 604 g/mol. The first-order valence-electron chi connectivity index (χ1n) is 13.6. The van der Waals surface area contributed by atoms with E-state index in [4.69, 9.17) is 16.7 Å². The molecule has 2 aromatic heterocycles. The summed E-state index contributed by atoms with van der Waals surface area (Å²) in [6, 6.07) is 15.4. The molecule has 0 bridgehead atoms. The molecule has 11 heteroatoms. The minimum absolute atomic E-state index is 0.112. The average Bonchev–Trinajstić information content (AvgIpc) is 3.57. The van der Waals surface area contributed by atoms with Crippen LogP contribution in [0.25, 0.3) is 21.5 Å². The van der Waals surface area contributed by atoms with Crippen LogP contribution in [0, 0.1) is 12.7 Å². The number of halogens is 2. The molecular formula is C31H30ClFN6O2S. The second kappa shape index (κ2) is 10.3. The number of aromatic nitrogens is 3. The Morgan fingerprint density at radius 3 is 2.64 bits per heavy atom. The lowest BCUT2D eigenvalue weighted by atomic mass is 9.82. The minimum Gasteiger partial charge on any atom is -0.506 e. The van der Waals surface area contributed by atoms with Crippen LogP contribution < -0.4 is 15.5 Å². The summed E-state index contributed by atoms with van der Waals surface area (Å²) in [5.41, 5.74) is 4.34. The van der Waals surface area contributed by atoms with Crippen molar-refractivity contribution in [3.8, 4) is 17.0 Å². The highest BCUT2D eigenvalue weighted by molar-refractivity contribution is 7.22. The summed E-state index contributed by atoms with van der Waals surface area (Å²) in [4.78, 5) is 19.5. The van der Waals surface area contributed by atoms with E-state index in [0.717, 1.165) is 22.0 Å². The lowest BCUT2D eigenvalue weighted by Crippen LogP contribution is -2.27. The molecule has 1 aliphatic rings. The number of thiazole rings is 1. The van der Waals surface area contributed by atoms with E-state index in [2.05, 4.69) is 15.6 Å². The average molecular weight is 605 g/mol. The molecule has 2 amide bonds. The minimum atomic E-state index is -0.558. The number of hydrogen-bond donors (Lipinski definition) is 3. The lowest BCUT2D eigenvalue weighted by molar-refractivity contribution is 0.262. The molecule has 1 aliphatic heterocycles. The molecule has 5 aromatic rings. The van der Waals surface area contributed by atoms with Crippen LogP contribution in [0.5, 0.6) is 5.75 Å². The summed E-state index contributed by atoms with van der Waals surface area (Å²) in [5.74, 6) is -0.707. The molecule has 0 saturated carbocycles. The molecule has 216 valence electrons. The molecule has 0 atom stereocenters. The Hall–Kier alpha value is -4.15. The molecule has 6 rings (SSSR count). The SMILES string of the molecule is Cc1cc(-c2c(F)cc(O)c3c2C(C)(C)CN3c2ccccc2NC(=O)Nc2nc3ccc(Cl)cc3s2)nn1C(C)C. The number of rotatable bonds is 5. The second-order valence-electron chi connectivity index (χ2n) is 11.4. The van der Waals surface area contributed by atoms with Gasteiger partial charge in [-0.15, -0.1) is 0 Å². The zero-order chi connectivity index (χ0) is 29.9. The van der Waals surface area contributed by atoms with Gasteiger partial charge in [-0.3, -0.25) is 10.00 Å². The number of urea groups is 1. The van der Waals surface area contributed by atoms with Crippen molar-refractivity contribution in [3.05, 3.63) is 76.7 Å². The highest BCUT2D eigenvalue weighted by Crippen LogP contribution is 2.54. The zero-order valence-corrected chi connectivity index (χ0v) is 25.4. The van der Waals surface area contributed by atoms with Crippen LogP contribution in [-0.2, 0) is 5.41 Å². The normalized spacial score (nSPS) is 14.0. The van der Waals surface area contributed by atoms with Gasteiger partial charge in [0, 0.05) is 40.3 Å². The number of fused-ring (bicyclic) bond motifs is 2. The predicted molar refractivity (Wildman–Crippen MR) is 168 cm³/mol. The molecule has 3 N–H and O–H groups in total. The first-order valence-corrected chi connectivity index (χ1v) is 14.8. The molecule has 0 saturated heterocycles. The standard InChI is InChI=1S/C31H30ClFN6O2S/c1-16(2)39-17(3)12-22(37-39)26-19(33)14-24(40)28-27(26)31(4,5)15-38(28)23-9-7-6-8-20(23)34-29(41)36-30-35-21-11-10-18(32)13-25(21)42-30/h6-14,16,40H,15H2,1-5H3,(H2,34,35,36,41). The maximum Gasteiger partial charge on any atom is 0.325 e. The van der Waals surface area contributed by atoms with Gasteiger partial charge in [-0.2, -0.15) is 5.10 Å². The van der Waals surface area contributed by atoms with Crippen molar-refractivity contribution in [2.24, 2.45) is 0 Å². The van der Waals surface area contributed by atoms with Crippen LogP contribution in [0.15, 0.2) is 54.6 Å². The molecule has 0 fully saturated rings. The van der Waals surface area contributed by atoms with Crippen LogP contribution in [0.3, 0.4) is 0 Å².